The van der Waals surface area contributed by atoms with Crippen LogP contribution in [0, 0.1) is 0 Å². The predicted molar refractivity (Wildman–Crippen MR) is 79.3 cm³/mol. The monoisotopic (exact) mass is 276 g/mol. The van der Waals surface area contributed by atoms with Gasteiger partial charge in [0.15, 0.2) is 0 Å². The first kappa shape index (κ1) is 15.0. The summed E-state index contributed by atoms with van der Waals surface area (Å²) in [6.45, 7) is 4.83. The third-order valence-electron chi connectivity index (χ3n) is 4.27. The Labute approximate surface area is 120 Å². The van der Waals surface area contributed by atoms with Gasteiger partial charge in [-0.3, -0.25) is 4.79 Å². The Morgan fingerprint density at radius 3 is 2.80 bits per heavy atom. The van der Waals surface area contributed by atoms with Crippen molar-refractivity contribution in [3.05, 3.63) is 35.4 Å². The van der Waals surface area contributed by atoms with Crippen LogP contribution in [0.3, 0.4) is 0 Å². The number of amides is 1. The van der Waals surface area contributed by atoms with Crippen molar-refractivity contribution >= 4 is 5.91 Å². The van der Waals surface area contributed by atoms with E-state index in [1.807, 2.05) is 26.0 Å². The number of carbonyl (C=O) groups is 1. The zero-order valence-corrected chi connectivity index (χ0v) is 12.3. The maximum Gasteiger partial charge on any atom is 0.237 e. The van der Waals surface area contributed by atoms with E-state index in [0.29, 0.717) is 6.42 Å². The van der Waals surface area contributed by atoms with Gasteiger partial charge in [0.1, 0.15) is 0 Å². The minimum atomic E-state index is -0.329. The van der Waals surface area contributed by atoms with E-state index in [1.54, 1.807) is 0 Å². The summed E-state index contributed by atoms with van der Waals surface area (Å²) in [6.07, 6.45) is 2.11. The lowest BCUT2D eigenvalue weighted by Crippen LogP contribution is -2.55. The first-order valence-corrected chi connectivity index (χ1v) is 7.31. The first-order valence-electron chi connectivity index (χ1n) is 7.31. The van der Waals surface area contributed by atoms with Crippen molar-refractivity contribution in [2.45, 2.75) is 51.2 Å². The SMILES string of the molecule is CCC(C)(CCO)NC(=O)[C@H]1Cc2ccccc2CN1. The largest absolute Gasteiger partial charge is 0.396 e. The predicted octanol–water partition coefficient (Wildman–Crippen LogP) is 1.37. The Kier molecular flexibility index (Phi) is 4.78. The van der Waals surface area contributed by atoms with Crippen LogP contribution in [0.2, 0.25) is 0 Å². The van der Waals surface area contributed by atoms with Crippen LogP contribution in [-0.4, -0.2) is 29.2 Å². The molecule has 0 bridgehead atoms. The number of carbonyl (C=O) groups excluding carboxylic acids is 1. The smallest absolute Gasteiger partial charge is 0.237 e. The van der Waals surface area contributed by atoms with E-state index >= 15 is 0 Å². The summed E-state index contributed by atoms with van der Waals surface area (Å²) in [7, 11) is 0. The van der Waals surface area contributed by atoms with Gasteiger partial charge in [-0.05, 0) is 37.3 Å². The number of hydrogen-bond acceptors (Lipinski definition) is 3. The number of benzene rings is 1. The van der Waals surface area contributed by atoms with Crippen molar-refractivity contribution in [3.63, 3.8) is 0 Å². The van der Waals surface area contributed by atoms with Crippen molar-refractivity contribution in [2.24, 2.45) is 0 Å². The van der Waals surface area contributed by atoms with Gasteiger partial charge in [0.25, 0.3) is 0 Å². The molecule has 1 unspecified atom stereocenters. The summed E-state index contributed by atoms with van der Waals surface area (Å²) < 4.78 is 0. The second-order valence-corrected chi connectivity index (χ2v) is 5.78. The van der Waals surface area contributed by atoms with E-state index in [4.69, 9.17) is 5.11 Å². The van der Waals surface area contributed by atoms with Gasteiger partial charge in [-0.15, -0.1) is 0 Å². The molecular formula is C16H24N2O2. The molecule has 1 heterocycles. The fraction of sp³-hybridized carbons (Fsp3) is 0.562. The normalized spacial score (nSPS) is 20.9. The molecule has 0 spiro atoms. The molecule has 0 radical (unpaired) electrons. The molecule has 20 heavy (non-hydrogen) atoms. The van der Waals surface area contributed by atoms with Gasteiger partial charge in [-0.1, -0.05) is 31.2 Å². The summed E-state index contributed by atoms with van der Waals surface area (Å²) in [4.78, 5) is 12.4. The van der Waals surface area contributed by atoms with Gasteiger partial charge in [-0.25, -0.2) is 0 Å². The van der Waals surface area contributed by atoms with Crippen LogP contribution in [0.5, 0.6) is 0 Å². The molecule has 1 amide bonds. The molecule has 0 fully saturated rings. The minimum Gasteiger partial charge on any atom is -0.396 e. The fourth-order valence-electron chi connectivity index (χ4n) is 2.60. The van der Waals surface area contributed by atoms with Crippen molar-refractivity contribution in [2.75, 3.05) is 6.61 Å². The molecule has 0 aliphatic carbocycles. The second kappa shape index (κ2) is 6.37. The molecule has 4 heteroatoms. The van der Waals surface area contributed by atoms with Gasteiger partial charge >= 0.3 is 0 Å². The molecule has 0 saturated heterocycles. The summed E-state index contributed by atoms with van der Waals surface area (Å²) in [5, 5.41) is 15.5. The maximum absolute atomic E-state index is 12.4. The number of rotatable bonds is 5. The molecule has 2 atom stereocenters. The van der Waals surface area contributed by atoms with E-state index in [1.165, 1.54) is 11.1 Å². The highest BCUT2D eigenvalue weighted by Gasteiger charge is 2.29. The van der Waals surface area contributed by atoms with Crippen LogP contribution in [-0.2, 0) is 17.8 Å². The van der Waals surface area contributed by atoms with E-state index in [0.717, 1.165) is 19.4 Å². The molecule has 110 valence electrons. The molecule has 0 aromatic heterocycles. The van der Waals surface area contributed by atoms with Crippen LogP contribution in [0.4, 0.5) is 0 Å². The van der Waals surface area contributed by atoms with E-state index in [-0.39, 0.29) is 24.1 Å². The third-order valence-corrected chi connectivity index (χ3v) is 4.27. The molecule has 4 nitrogen and oxygen atoms in total. The number of aliphatic hydroxyl groups is 1. The second-order valence-electron chi connectivity index (χ2n) is 5.78. The third kappa shape index (κ3) is 3.38. The molecule has 3 N–H and O–H groups in total. The van der Waals surface area contributed by atoms with Crippen molar-refractivity contribution in [1.82, 2.24) is 10.6 Å². The molecule has 0 saturated carbocycles. The van der Waals surface area contributed by atoms with E-state index < -0.39 is 0 Å². The van der Waals surface area contributed by atoms with Crippen LogP contribution in [0.25, 0.3) is 0 Å². The zero-order chi connectivity index (χ0) is 14.6. The standard InChI is InChI=1S/C16H24N2O2/c1-3-16(2,8-9-19)18-15(20)14-10-12-6-4-5-7-13(12)11-17-14/h4-7,14,17,19H,3,8-11H2,1-2H3,(H,18,20)/t14-,16?/m1/s1. The summed E-state index contributed by atoms with van der Waals surface area (Å²) >= 11 is 0. The summed E-state index contributed by atoms with van der Waals surface area (Å²) in [5.41, 5.74) is 2.18. The highest BCUT2D eigenvalue weighted by Crippen LogP contribution is 2.18. The lowest BCUT2D eigenvalue weighted by Gasteiger charge is -2.33. The Bertz CT molecular complexity index is 475. The Hall–Kier alpha value is -1.39. The van der Waals surface area contributed by atoms with Crippen molar-refractivity contribution in [3.8, 4) is 0 Å². The van der Waals surface area contributed by atoms with E-state index in [2.05, 4.69) is 22.8 Å². The van der Waals surface area contributed by atoms with Gasteiger partial charge < -0.3 is 15.7 Å². The molecule has 1 aromatic rings. The Balaban J connectivity index is 2.01. The van der Waals surface area contributed by atoms with E-state index in [9.17, 15) is 4.79 Å². The fourth-order valence-corrected chi connectivity index (χ4v) is 2.60. The van der Waals surface area contributed by atoms with Gasteiger partial charge in [0.05, 0.1) is 6.04 Å². The molecule has 1 aromatic carbocycles. The molecule has 1 aliphatic rings. The topological polar surface area (TPSA) is 61.4 Å². The average Bonchev–Trinajstić information content (AvgIpc) is 2.47. The molecule has 2 rings (SSSR count). The first-order chi connectivity index (χ1) is 9.58. The average molecular weight is 276 g/mol. The summed E-state index contributed by atoms with van der Waals surface area (Å²) in [5.74, 6) is 0.0253. The van der Waals surface area contributed by atoms with Gasteiger partial charge in [0.2, 0.25) is 5.91 Å². The Morgan fingerprint density at radius 2 is 2.15 bits per heavy atom. The number of hydrogen-bond donors (Lipinski definition) is 3. The number of fused-ring (bicyclic) bond motifs is 1. The maximum atomic E-state index is 12.4. The van der Waals surface area contributed by atoms with Crippen LogP contribution in [0.15, 0.2) is 24.3 Å². The number of nitrogens with one attached hydrogen (secondary N) is 2. The zero-order valence-electron chi connectivity index (χ0n) is 12.3. The van der Waals surface area contributed by atoms with Crippen molar-refractivity contribution < 1.29 is 9.90 Å². The van der Waals surface area contributed by atoms with Crippen LogP contribution in [0.1, 0.15) is 37.8 Å². The van der Waals surface area contributed by atoms with Gasteiger partial charge in [0, 0.05) is 18.7 Å². The summed E-state index contributed by atoms with van der Waals surface area (Å²) in [6, 6.07) is 8.04. The Morgan fingerprint density at radius 1 is 1.45 bits per heavy atom. The highest BCUT2D eigenvalue weighted by molar-refractivity contribution is 5.83. The highest BCUT2D eigenvalue weighted by atomic mass is 16.3. The molecule has 1 aliphatic heterocycles. The lowest BCUT2D eigenvalue weighted by molar-refractivity contribution is -0.125. The van der Waals surface area contributed by atoms with Crippen LogP contribution >= 0.6 is 0 Å². The van der Waals surface area contributed by atoms with Gasteiger partial charge in [-0.2, -0.15) is 0 Å². The number of aliphatic hydroxyl groups excluding tert-OH is 1. The quantitative estimate of drug-likeness (QED) is 0.761. The lowest BCUT2D eigenvalue weighted by atomic mass is 9.92. The minimum absolute atomic E-state index is 0.0253. The molecular weight excluding hydrogens is 252 g/mol. The van der Waals surface area contributed by atoms with Crippen LogP contribution < -0.4 is 10.6 Å². The van der Waals surface area contributed by atoms with Crippen molar-refractivity contribution in [1.29, 1.82) is 0 Å².